The second kappa shape index (κ2) is 6.48. The van der Waals surface area contributed by atoms with Gasteiger partial charge in [-0.05, 0) is 13.8 Å². The van der Waals surface area contributed by atoms with Crippen molar-refractivity contribution < 1.29 is 0 Å². The van der Waals surface area contributed by atoms with Crippen molar-refractivity contribution in [2.75, 3.05) is 19.6 Å². The Morgan fingerprint density at radius 3 is 2.75 bits per heavy atom. The van der Waals surface area contributed by atoms with Crippen LogP contribution in [-0.2, 0) is 0 Å². The highest BCUT2D eigenvalue weighted by molar-refractivity contribution is 7.09. The Morgan fingerprint density at radius 1 is 1.56 bits per heavy atom. The van der Waals surface area contributed by atoms with Gasteiger partial charge in [0.05, 0.1) is 11.6 Å². The van der Waals surface area contributed by atoms with Gasteiger partial charge >= 0.3 is 0 Å². The van der Waals surface area contributed by atoms with Gasteiger partial charge in [-0.25, -0.2) is 4.98 Å². The van der Waals surface area contributed by atoms with E-state index in [9.17, 15) is 0 Å². The monoisotopic (exact) mass is 240 g/mol. The molecule has 0 bridgehead atoms. The highest BCUT2D eigenvalue weighted by Crippen LogP contribution is 2.17. The fourth-order valence-electron chi connectivity index (χ4n) is 1.43. The maximum Gasteiger partial charge on any atom is 0.191 e. The van der Waals surface area contributed by atoms with Gasteiger partial charge in [-0.15, -0.1) is 11.3 Å². The summed E-state index contributed by atoms with van der Waals surface area (Å²) in [7, 11) is 0. The Labute approximate surface area is 101 Å². The largest absolute Gasteiger partial charge is 0.370 e. The van der Waals surface area contributed by atoms with Crippen LogP contribution >= 0.6 is 11.3 Å². The van der Waals surface area contributed by atoms with E-state index in [2.05, 4.69) is 35.6 Å². The summed E-state index contributed by atoms with van der Waals surface area (Å²) in [6, 6.07) is 0. The molecule has 5 heteroatoms. The predicted molar refractivity (Wildman–Crippen MR) is 69.9 cm³/mol. The molecule has 1 aromatic rings. The molecule has 0 saturated heterocycles. The number of aliphatic imine (C=N–C) groups is 1. The lowest BCUT2D eigenvalue weighted by atomic mass is 10.2. The molecule has 1 atom stereocenters. The molecule has 90 valence electrons. The highest BCUT2D eigenvalue weighted by Gasteiger charge is 2.08. The molecule has 0 aromatic carbocycles. The van der Waals surface area contributed by atoms with Gasteiger partial charge in [-0.2, -0.15) is 0 Å². The van der Waals surface area contributed by atoms with E-state index in [0.717, 1.165) is 18.1 Å². The molecule has 2 N–H and O–H groups in total. The van der Waals surface area contributed by atoms with Crippen molar-refractivity contribution in [3.63, 3.8) is 0 Å². The average molecular weight is 240 g/mol. The number of aromatic nitrogens is 1. The van der Waals surface area contributed by atoms with Crippen LogP contribution in [0.2, 0.25) is 0 Å². The SMILES string of the molecule is CCN(CC)C(N)=NCC(C)c1nccs1. The summed E-state index contributed by atoms with van der Waals surface area (Å²) in [5.74, 6) is 0.975. The maximum atomic E-state index is 5.90. The third-order valence-corrected chi connectivity index (χ3v) is 3.49. The van der Waals surface area contributed by atoms with E-state index in [1.54, 1.807) is 11.3 Å². The molecule has 0 fully saturated rings. The first-order chi connectivity index (χ1) is 7.69. The van der Waals surface area contributed by atoms with Crippen LogP contribution in [0.3, 0.4) is 0 Å². The number of hydrogen-bond donors (Lipinski definition) is 1. The van der Waals surface area contributed by atoms with Crippen molar-refractivity contribution >= 4 is 17.3 Å². The predicted octanol–water partition coefficient (Wildman–Crippen LogP) is 1.90. The molecule has 0 saturated carbocycles. The highest BCUT2D eigenvalue weighted by atomic mass is 32.1. The zero-order chi connectivity index (χ0) is 12.0. The number of nitrogens with zero attached hydrogens (tertiary/aromatic N) is 3. The van der Waals surface area contributed by atoms with Crippen molar-refractivity contribution in [3.8, 4) is 0 Å². The van der Waals surface area contributed by atoms with E-state index in [4.69, 9.17) is 5.73 Å². The van der Waals surface area contributed by atoms with E-state index in [-0.39, 0.29) is 0 Å². The number of nitrogens with two attached hydrogens (primary N) is 1. The molecule has 0 amide bonds. The lowest BCUT2D eigenvalue weighted by molar-refractivity contribution is 0.457. The summed E-state index contributed by atoms with van der Waals surface area (Å²) >= 11 is 1.67. The smallest absolute Gasteiger partial charge is 0.191 e. The van der Waals surface area contributed by atoms with Crippen molar-refractivity contribution in [2.45, 2.75) is 26.7 Å². The average Bonchev–Trinajstić information content (AvgIpc) is 2.81. The minimum Gasteiger partial charge on any atom is -0.370 e. The molecule has 4 nitrogen and oxygen atoms in total. The van der Waals surface area contributed by atoms with Crippen molar-refractivity contribution in [1.29, 1.82) is 0 Å². The van der Waals surface area contributed by atoms with E-state index >= 15 is 0 Å². The molecule has 0 radical (unpaired) electrons. The van der Waals surface area contributed by atoms with Gasteiger partial charge in [-0.1, -0.05) is 6.92 Å². The van der Waals surface area contributed by atoms with Crippen LogP contribution in [0.1, 0.15) is 31.7 Å². The fraction of sp³-hybridized carbons (Fsp3) is 0.636. The molecular weight excluding hydrogens is 220 g/mol. The van der Waals surface area contributed by atoms with Crippen LogP contribution < -0.4 is 5.73 Å². The van der Waals surface area contributed by atoms with Crippen LogP contribution in [0.4, 0.5) is 0 Å². The third kappa shape index (κ3) is 3.48. The normalized spacial score (nSPS) is 13.8. The van der Waals surface area contributed by atoms with Crippen LogP contribution in [-0.4, -0.2) is 35.5 Å². The molecule has 0 aliphatic heterocycles. The lowest BCUT2D eigenvalue weighted by Gasteiger charge is -2.19. The van der Waals surface area contributed by atoms with Crippen LogP contribution in [0.15, 0.2) is 16.6 Å². The second-order valence-electron chi connectivity index (χ2n) is 3.64. The van der Waals surface area contributed by atoms with Crippen molar-refractivity contribution in [3.05, 3.63) is 16.6 Å². The van der Waals surface area contributed by atoms with Gasteiger partial charge in [0.15, 0.2) is 5.96 Å². The molecule has 0 spiro atoms. The van der Waals surface area contributed by atoms with Gasteiger partial charge < -0.3 is 10.6 Å². The second-order valence-corrected chi connectivity index (χ2v) is 4.57. The van der Waals surface area contributed by atoms with Gasteiger partial charge in [0.25, 0.3) is 0 Å². The number of thiazole rings is 1. The Balaban J connectivity index is 2.52. The molecule has 1 rings (SSSR count). The van der Waals surface area contributed by atoms with Gasteiger partial charge in [-0.3, -0.25) is 4.99 Å². The summed E-state index contributed by atoms with van der Waals surface area (Å²) in [6.45, 7) is 8.79. The number of rotatable bonds is 5. The lowest BCUT2D eigenvalue weighted by Crippen LogP contribution is -2.37. The van der Waals surface area contributed by atoms with Crippen LogP contribution in [0, 0.1) is 0 Å². The fourth-order valence-corrected chi connectivity index (χ4v) is 2.12. The van der Waals surface area contributed by atoms with Gasteiger partial charge in [0.1, 0.15) is 0 Å². The Bertz CT molecular complexity index is 317. The van der Waals surface area contributed by atoms with Gasteiger partial charge in [0.2, 0.25) is 0 Å². The molecule has 1 unspecified atom stereocenters. The Hall–Kier alpha value is -1.10. The zero-order valence-corrected chi connectivity index (χ0v) is 11.0. The van der Waals surface area contributed by atoms with Gasteiger partial charge in [0, 0.05) is 30.6 Å². The summed E-state index contributed by atoms with van der Waals surface area (Å²) in [5, 5.41) is 3.11. The minimum atomic E-state index is 0.342. The number of hydrogen-bond acceptors (Lipinski definition) is 3. The zero-order valence-electron chi connectivity index (χ0n) is 10.2. The molecule has 1 heterocycles. The Morgan fingerprint density at radius 2 is 2.25 bits per heavy atom. The minimum absolute atomic E-state index is 0.342. The maximum absolute atomic E-state index is 5.90. The van der Waals surface area contributed by atoms with E-state index in [1.165, 1.54) is 0 Å². The Kier molecular flexibility index (Phi) is 5.25. The quantitative estimate of drug-likeness (QED) is 0.632. The summed E-state index contributed by atoms with van der Waals surface area (Å²) in [5.41, 5.74) is 5.90. The molecular formula is C11H20N4S. The first-order valence-corrected chi connectivity index (χ1v) is 6.51. The summed E-state index contributed by atoms with van der Waals surface area (Å²) < 4.78 is 0. The van der Waals surface area contributed by atoms with Crippen molar-refractivity contribution in [1.82, 2.24) is 9.88 Å². The topological polar surface area (TPSA) is 54.5 Å². The number of guanidine groups is 1. The van der Waals surface area contributed by atoms with Crippen LogP contribution in [0.5, 0.6) is 0 Å². The standard InChI is InChI=1S/C11H20N4S/c1-4-15(5-2)11(12)14-8-9(3)10-13-6-7-16-10/h6-7,9H,4-5,8H2,1-3H3,(H2,12,14). The third-order valence-electron chi connectivity index (χ3n) is 2.49. The molecule has 1 aromatic heterocycles. The van der Waals surface area contributed by atoms with Crippen LogP contribution in [0.25, 0.3) is 0 Å². The molecule has 0 aliphatic carbocycles. The van der Waals surface area contributed by atoms with E-state index in [1.807, 2.05) is 11.6 Å². The van der Waals surface area contributed by atoms with E-state index in [0.29, 0.717) is 18.4 Å². The molecule has 16 heavy (non-hydrogen) atoms. The van der Waals surface area contributed by atoms with E-state index < -0.39 is 0 Å². The van der Waals surface area contributed by atoms with Crippen molar-refractivity contribution in [2.24, 2.45) is 10.7 Å². The first kappa shape index (κ1) is 13.0. The first-order valence-electron chi connectivity index (χ1n) is 5.63. The summed E-state index contributed by atoms with van der Waals surface area (Å²) in [4.78, 5) is 10.7. The summed E-state index contributed by atoms with van der Waals surface area (Å²) in [6.07, 6.45) is 1.83. The molecule has 0 aliphatic rings.